The van der Waals surface area contributed by atoms with E-state index in [-0.39, 0.29) is 5.78 Å². The highest BCUT2D eigenvalue weighted by atomic mass is 16.4. The number of carboxylic acid groups (broad SMARTS) is 1. The Kier molecular flexibility index (Phi) is 23.8. The molecule has 0 saturated carbocycles. The largest absolute Gasteiger partial charge is 0.481 e. The monoisotopic (exact) mass is 510 g/mol. The van der Waals surface area contributed by atoms with Crippen LogP contribution in [-0.4, -0.2) is 28.6 Å². The van der Waals surface area contributed by atoms with Crippen molar-refractivity contribution >= 4 is 11.8 Å². The summed E-state index contributed by atoms with van der Waals surface area (Å²) >= 11 is 0. The van der Waals surface area contributed by atoms with Crippen molar-refractivity contribution in [2.24, 2.45) is 11.3 Å². The molecule has 0 spiro atoms. The highest BCUT2D eigenvalue weighted by Gasteiger charge is 2.37. The zero-order valence-electron chi connectivity index (χ0n) is 24.5. The smallest absolute Gasteiger partial charge is 0.316 e. The number of hydrogen-bond donors (Lipinski definition) is 2. The molecule has 0 aliphatic heterocycles. The van der Waals surface area contributed by atoms with Crippen molar-refractivity contribution < 1.29 is 19.8 Å². The molecule has 36 heavy (non-hydrogen) atoms. The van der Waals surface area contributed by atoms with Gasteiger partial charge in [0.05, 0.1) is 0 Å². The van der Waals surface area contributed by atoms with Gasteiger partial charge in [0.2, 0.25) is 0 Å². The molecule has 0 saturated heterocycles. The number of hydrogen-bond acceptors (Lipinski definition) is 3. The lowest BCUT2D eigenvalue weighted by molar-refractivity contribution is -0.153. The summed E-state index contributed by atoms with van der Waals surface area (Å²) in [7, 11) is 0. The Hall–Kier alpha value is -0.900. The second-order valence-corrected chi connectivity index (χ2v) is 11.8. The van der Waals surface area contributed by atoms with E-state index in [1.54, 1.807) is 6.92 Å². The predicted octanol–water partition coefficient (Wildman–Crippen LogP) is 9.66. The van der Waals surface area contributed by atoms with Gasteiger partial charge in [0, 0.05) is 6.61 Å². The zero-order chi connectivity index (χ0) is 26.9. The van der Waals surface area contributed by atoms with Crippen molar-refractivity contribution in [2.45, 2.75) is 175 Å². The van der Waals surface area contributed by atoms with E-state index in [1.807, 2.05) is 0 Å². The van der Waals surface area contributed by atoms with E-state index < -0.39 is 11.4 Å². The van der Waals surface area contributed by atoms with Crippen LogP contribution in [0.3, 0.4) is 0 Å². The first-order valence-electron chi connectivity index (χ1n) is 15.7. The van der Waals surface area contributed by atoms with Gasteiger partial charge in [0.25, 0.3) is 0 Å². The van der Waals surface area contributed by atoms with Gasteiger partial charge in [-0.05, 0) is 32.6 Å². The SMILES string of the molecule is CC(=O)C(C)(CCCCCCCC(C)CCCCCCCCCCCCCCCCCCO)C(=O)O. The summed E-state index contributed by atoms with van der Waals surface area (Å²) in [5.74, 6) is -0.398. The van der Waals surface area contributed by atoms with E-state index in [0.717, 1.165) is 31.6 Å². The van der Waals surface area contributed by atoms with Crippen LogP contribution in [0.25, 0.3) is 0 Å². The van der Waals surface area contributed by atoms with Crippen LogP contribution in [-0.2, 0) is 9.59 Å². The fraction of sp³-hybridized carbons (Fsp3) is 0.938. The number of aliphatic hydroxyl groups is 1. The highest BCUT2D eigenvalue weighted by Crippen LogP contribution is 2.27. The third kappa shape index (κ3) is 20.2. The summed E-state index contributed by atoms with van der Waals surface area (Å²) in [5.41, 5.74) is -1.20. The van der Waals surface area contributed by atoms with Gasteiger partial charge in [-0.2, -0.15) is 0 Å². The third-order valence-electron chi connectivity index (χ3n) is 8.23. The summed E-state index contributed by atoms with van der Waals surface area (Å²) in [4.78, 5) is 23.0. The van der Waals surface area contributed by atoms with Gasteiger partial charge in [-0.1, -0.05) is 148 Å². The summed E-state index contributed by atoms with van der Waals surface area (Å²) in [6, 6.07) is 0. The standard InChI is InChI=1S/C32H62O4/c1-29(26-22-18-16-19-23-27-32(3,30(2)34)31(35)36)25-21-17-14-12-10-8-6-4-5-7-9-11-13-15-20-24-28-33/h29,33H,4-28H2,1-3H3,(H,35,36). The van der Waals surface area contributed by atoms with E-state index >= 15 is 0 Å². The average Bonchev–Trinajstić information content (AvgIpc) is 2.84. The van der Waals surface area contributed by atoms with Gasteiger partial charge in [0.15, 0.2) is 0 Å². The number of ketones is 1. The first-order chi connectivity index (χ1) is 17.3. The molecule has 2 unspecified atom stereocenters. The van der Waals surface area contributed by atoms with Crippen LogP contribution in [0, 0.1) is 11.3 Å². The summed E-state index contributed by atoms with van der Waals surface area (Å²) in [6.07, 6.45) is 30.3. The van der Waals surface area contributed by atoms with Crippen LogP contribution in [0.4, 0.5) is 0 Å². The fourth-order valence-corrected chi connectivity index (χ4v) is 5.16. The first-order valence-corrected chi connectivity index (χ1v) is 15.7. The van der Waals surface area contributed by atoms with Gasteiger partial charge >= 0.3 is 5.97 Å². The Morgan fingerprint density at radius 2 is 0.889 bits per heavy atom. The molecule has 214 valence electrons. The minimum Gasteiger partial charge on any atom is -0.481 e. The quantitative estimate of drug-likeness (QED) is 0.0811. The lowest BCUT2D eigenvalue weighted by Crippen LogP contribution is -2.34. The molecule has 0 heterocycles. The molecule has 0 rings (SSSR count). The number of carboxylic acids is 1. The molecule has 0 aromatic carbocycles. The fourth-order valence-electron chi connectivity index (χ4n) is 5.16. The lowest BCUT2D eigenvalue weighted by Gasteiger charge is -2.21. The van der Waals surface area contributed by atoms with Crippen molar-refractivity contribution in [2.75, 3.05) is 6.61 Å². The van der Waals surface area contributed by atoms with Crippen molar-refractivity contribution in [1.29, 1.82) is 0 Å². The zero-order valence-corrected chi connectivity index (χ0v) is 24.5. The Bertz CT molecular complexity index is 502. The maximum atomic E-state index is 11.6. The number of carbonyl (C=O) groups is 2. The molecule has 0 aromatic rings. The minimum atomic E-state index is -1.20. The Balaban J connectivity index is 3.35. The molecule has 4 heteroatoms. The highest BCUT2D eigenvalue weighted by molar-refractivity contribution is 6.01. The molecule has 2 atom stereocenters. The van der Waals surface area contributed by atoms with Crippen molar-refractivity contribution in [3.63, 3.8) is 0 Å². The summed E-state index contributed by atoms with van der Waals surface area (Å²) < 4.78 is 0. The second-order valence-electron chi connectivity index (χ2n) is 11.8. The van der Waals surface area contributed by atoms with E-state index in [9.17, 15) is 14.7 Å². The van der Waals surface area contributed by atoms with Crippen LogP contribution >= 0.6 is 0 Å². The number of aliphatic carboxylic acids is 1. The van der Waals surface area contributed by atoms with Crippen molar-refractivity contribution in [3.8, 4) is 0 Å². The molecular weight excluding hydrogens is 448 g/mol. The van der Waals surface area contributed by atoms with Gasteiger partial charge in [-0.25, -0.2) is 0 Å². The topological polar surface area (TPSA) is 74.6 Å². The summed E-state index contributed by atoms with van der Waals surface area (Å²) in [5, 5.41) is 18.1. The van der Waals surface area contributed by atoms with Crippen molar-refractivity contribution in [1.82, 2.24) is 0 Å². The Morgan fingerprint density at radius 3 is 1.19 bits per heavy atom. The summed E-state index contributed by atoms with van der Waals surface area (Å²) in [6.45, 7) is 5.70. The molecule has 4 nitrogen and oxygen atoms in total. The van der Waals surface area contributed by atoms with E-state index in [2.05, 4.69) is 6.92 Å². The molecule has 0 bridgehead atoms. The number of unbranched alkanes of at least 4 members (excludes halogenated alkanes) is 19. The normalized spacial score (nSPS) is 14.0. The third-order valence-corrected chi connectivity index (χ3v) is 8.23. The molecule has 0 aliphatic rings. The van der Waals surface area contributed by atoms with Gasteiger partial charge in [-0.3, -0.25) is 9.59 Å². The molecule has 0 radical (unpaired) electrons. The van der Waals surface area contributed by atoms with Gasteiger partial charge < -0.3 is 10.2 Å². The van der Waals surface area contributed by atoms with E-state index in [4.69, 9.17) is 5.11 Å². The molecule has 0 aromatic heterocycles. The predicted molar refractivity (Wildman–Crippen MR) is 153 cm³/mol. The number of carbonyl (C=O) groups excluding carboxylic acids is 1. The molecular formula is C32H62O4. The molecule has 0 fully saturated rings. The lowest BCUT2D eigenvalue weighted by atomic mass is 9.81. The number of rotatable bonds is 28. The van der Waals surface area contributed by atoms with Crippen LogP contribution in [0.5, 0.6) is 0 Å². The average molecular weight is 511 g/mol. The minimum absolute atomic E-state index is 0.233. The van der Waals surface area contributed by atoms with Crippen LogP contribution < -0.4 is 0 Å². The van der Waals surface area contributed by atoms with Crippen LogP contribution in [0.2, 0.25) is 0 Å². The van der Waals surface area contributed by atoms with E-state index in [0.29, 0.717) is 13.0 Å². The van der Waals surface area contributed by atoms with Gasteiger partial charge in [0.1, 0.15) is 11.2 Å². The molecule has 0 amide bonds. The van der Waals surface area contributed by atoms with E-state index in [1.165, 1.54) is 129 Å². The second kappa shape index (κ2) is 24.4. The van der Waals surface area contributed by atoms with Crippen LogP contribution in [0.1, 0.15) is 175 Å². The molecule has 2 N–H and O–H groups in total. The first kappa shape index (κ1) is 35.1. The van der Waals surface area contributed by atoms with Crippen molar-refractivity contribution in [3.05, 3.63) is 0 Å². The Labute approximate surface area is 224 Å². The maximum Gasteiger partial charge on any atom is 0.316 e. The van der Waals surface area contributed by atoms with Crippen LogP contribution in [0.15, 0.2) is 0 Å². The molecule has 0 aliphatic carbocycles. The maximum absolute atomic E-state index is 11.6. The van der Waals surface area contributed by atoms with Gasteiger partial charge in [-0.15, -0.1) is 0 Å². The number of Topliss-reactive ketones (excluding diaryl/α,β-unsaturated/α-hetero) is 1. The number of aliphatic hydroxyl groups excluding tert-OH is 1. The Morgan fingerprint density at radius 1 is 0.583 bits per heavy atom.